The summed E-state index contributed by atoms with van der Waals surface area (Å²) < 4.78 is 28.5. The van der Waals surface area contributed by atoms with Crippen molar-refractivity contribution in [1.82, 2.24) is 14.7 Å². The van der Waals surface area contributed by atoms with Gasteiger partial charge in [-0.25, -0.2) is 13.6 Å². The van der Waals surface area contributed by atoms with E-state index in [0.717, 1.165) is 11.8 Å². The summed E-state index contributed by atoms with van der Waals surface area (Å²) in [5.74, 6) is -2.08. The lowest BCUT2D eigenvalue weighted by molar-refractivity contribution is -0.151. The number of nitrogens with zero attached hydrogens (tertiary/aromatic N) is 3. The number of benzene rings is 1. The van der Waals surface area contributed by atoms with E-state index >= 15 is 0 Å². The topological polar surface area (TPSA) is 58.4 Å². The fourth-order valence-corrected chi connectivity index (χ4v) is 3.48. The van der Waals surface area contributed by atoms with Gasteiger partial charge in [-0.3, -0.25) is 9.58 Å². The Morgan fingerprint density at radius 3 is 2.41 bits per heavy atom. The number of rotatable bonds is 4. The second kappa shape index (κ2) is 7.03. The largest absolute Gasteiger partial charge is 0.479 e. The summed E-state index contributed by atoms with van der Waals surface area (Å²) in [7, 11) is 0. The van der Waals surface area contributed by atoms with E-state index in [4.69, 9.17) is 0 Å². The quantitative estimate of drug-likeness (QED) is 0.886. The third kappa shape index (κ3) is 3.88. The highest BCUT2D eigenvalue weighted by atomic mass is 19.1. The molecule has 0 spiro atoms. The molecule has 0 amide bonds. The number of aliphatic carboxylic acids is 1. The molecule has 1 aromatic heterocycles. The molecule has 1 saturated heterocycles. The molecule has 146 valence electrons. The average Bonchev–Trinajstić information content (AvgIpc) is 3.09. The fourth-order valence-electron chi connectivity index (χ4n) is 3.48. The standard InChI is InChI=1S/C20H25F2N3O2/c1-19(2,3)17-6-9-25(23-17)20(18(26)27)7-10-24(11-8-20)13-14-4-5-15(21)12-16(14)22/h4-6,9,12H,7-8,10-11,13H2,1-3H3,(H,26,27). The van der Waals surface area contributed by atoms with E-state index in [1.807, 2.05) is 31.7 Å². The molecular formula is C20H25F2N3O2. The zero-order valence-electron chi connectivity index (χ0n) is 15.9. The minimum absolute atomic E-state index is 0.161. The smallest absolute Gasteiger partial charge is 0.331 e. The van der Waals surface area contributed by atoms with E-state index in [9.17, 15) is 18.7 Å². The van der Waals surface area contributed by atoms with Crippen molar-refractivity contribution in [3.8, 4) is 0 Å². The Morgan fingerprint density at radius 1 is 1.22 bits per heavy atom. The van der Waals surface area contributed by atoms with Crippen LogP contribution in [0.15, 0.2) is 30.5 Å². The van der Waals surface area contributed by atoms with Crippen molar-refractivity contribution < 1.29 is 18.7 Å². The van der Waals surface area contributed by atoms with E-state index in [-0.39, 0.29) is 5.41 Å². The van der Waals surface area contributed by atoms with Crippen LogP contribution in [-0.2, 0) is 22.3 Å². The Morgan fingerprint density at radius 2 is 1.89 bits per heavy atom. The summed E-state index contributed by atoms with van der Waals surface area (Å²) in [5.41, 5.74) is -0.000117. The predicted molar refractivity (Wildman–Crippen MR) is 97.4 cm³/mol. The molecule has 0 radical (unpaired) electrons. The van der Waals surface area contributed by atoms with Crippen LogP contribution in [-0.4, -0.2) is 38.8 Å². The van der Waals surface area contributed by atoms with Crippen LogP contribution in [0, 0.1) is 11.6 Å². The molecule has 1 aliphatic heterocycles. The molecule has 1 N–H and O–H groups in total. The lowest BCUT2D eigenvalue weighted by atomic mass is 9.87. The van der Waals surface area contributed by atoms with Gasteiger partial charge < -0.3 is 5.11 Å². The molecule has 1 fully saturated rings. The first-order valence-electron chi connectivity index (χ1n) is 9.08. The average molecular weight is 377 g/mol. The zero-order chi connectivity index (χ0) is 19.8. The van der Waals surface area contributed by atoms with Gasteiger partial charge in [0.2, 0.25) is 0 Å². The zero-order valence-corrected chi connectivity index (χ0v) is 15.9. The maximum absolute atomic E-state index is 13.9. The first kappa shape index (κ1) is 19.5. The van der Waals surface area contributed by atoms with E-state index in [0.29, 0.717) is 38.0 Å². The number of hydrogen-bond donors (Lipinski definition) is 1. The Bertz CT molecular complexity index is 834. The minimum Gasteiger partial charge on any atom is -0.479 e. The second-order valence-electron chi connectivity index (χ2n) is 8.24. The van der Waals surface area contributed by atoms with Gasteiger partial charge in [0.15, 0.2) is 5.54 Å². The van der Waals surface area contributed by atoms with Crippen LogP contribution in [0.1, 0.15) is 44.9 Å². The predicted octanol–water partition coefficient (Wildman–Crippen LogP) is 3.53. The van der Waals surface area contributed by atoms with Gasteiger partial charge in [0.05, 0.1) is 5.69 Å². The molecule has 0 unspecified atom stereocenters. The number of carboxylic acids is 1. The molecule has 1 aromatic carbocycles. The number of aromatic nitrogens is 2. The van der Waals surface area contributed by atoms with Crippen LogP contribution >= 0.6 is 0 Å². The highest BCUT2D eigenvalue weighted by Gasteiger charge is 2.44. The third-order valence-corrected chi connectivity index (χ3v) is 5.29. The van der Waals surface area contributed by atoms with Crippen molar-refractivity contribution in [2.45, 2.75) is 51.1 Å². The lowest BCUT2D eigenvalue weighted by Gasteiger charge is -2.39. The van der Waals surface area contributed by atoms with Gasteiger partial charge in [0, 0.05) is 42.9 Å². The molecular weight excluding hydrogens is 352 g/mol. The highest BCUT2D eigenvalue weighted by Crippen LogP contribution is 2.32. The maximum Gasteiger partial charge on any atom is 0.331 e. The first-order chi connectivity index (χ1) is 12.6. The summed E-state index contributed by atoms with van der Waals surface area (Å²) in [5, 5.41) is 14.5. The maximum atomic E-state index is 13.9. The lowest BCUT2D eigenvalue weighted by Crippen LogP contribution is -2.51. The van der Waals surface area contributed by atoms with Crippen molar-refractivity contribution in [3.63, 3.8) is 0 Å². The van der Waals surface area contributed by atoms with Crippen LogP contribution in [0.2, 0.25) is 0 Å². The van der Waals surface area contributed by atoms with Crippen LogP contribution in [0.3, 0.4) is 0 Å². The van der Waals surface area contributed by atoms with Gasteiger partial charge in [-0.1, -0.05) is 26.8 Å². The molecule has 7 heteroatoms. The van der Waals surface area contributed by atoms with E-state index in [1.54, 1.807) is 10.9 Å². The molecule has 5 nitrogen and oxygen atoms in total. The summed E-state index contributed by atoms with van der Waals surface area (Å²) >= 11 is 0. The van der Waals surface area contributed by atoms with Crippen molar-refractivity contribution in [3.05, 3.63) is 53.4 Å². The van der Waals surface area contributed by atoms with Crippen molar-refractivity contribution in [2.24, 2.45) is 0 Å². The number of likely N-dealkylation sites (tertiary alicyclic amines) is 1. The van der Waals surface area contributed by atoms with Crippen LogP contribution in [0.5, 0.6) is 0 Å². The normalized spacial score (nSPS) is 17.8. The SMILES string of the molecule is CC(C)(C)c1ccn(C2(C(=O)O)CCN(Cc3ccc(F)cc3F)CC2)n1. The van der Waals surface area contributed by atoms with E-state index < -0.39 is 23.1 Å². The fraction of sp³-hybridized carbons (Fsp3) is 0.500. The van der Waals surface area contributed by atoms with Gasteiger partial charge in [-0.2, -0.15) is 5.10 Å². The van der Waals surface area contributed by atoms with Crippen molar-refractivity contribution >= 4 is 5.97 Å². The van der Waals surface area contributed by atoms with Gasteiger partial charge in [0.25, 0.3) is 0 Å². The van der Waals surface area contributed by atoms with Gasteiger partial charge in [0.1, 0.15) is 11.6 Å². The summed E-state index contributed by atoms with van der Waals surface area (Å²) in [6.07, 6.45) is 2.48. The summed E-state index contributed by atoms with van der Waals surface area (Å²) in [6.45, 7) is 7.42. The molecule has 0 bridgehead atoms. The number of hydrogen-bond acceptors (Lipinski definition) is 3. The highest BCUT2D eigenvalue weighted by molar-refractivity contribution is 5.76. The number of carbonyl (C=O) groups is 1. The molecule has 2 heterocycles. The van der Waals surface area contributed by atoms with Crippen LogP contribution in [0.25, 0.3) is 0 Å². The van der Waals surface area contributed by atoms with Gasteiger partial charge >= 0.3 is 5.97 Å². The molecule has 2 aromatic rings. The van der Waals surface area contributed by atoms with E-state index in [1.165, 1.54) is 12.1 Å². The third-order valence-electron chi connectivity index (χ3n) is 5.29. The Kier molecular flexibility index (Phi) is 5.08. The van der Waals surface area contributed by atoms with E-state index in [2.05, 4.69) is 5.10 Å². The van der Waals surface area contributed by atoms with Gasteiger partial charge in [-0.15, -0.1) is 0 Å². The Hall–Kier alpha value is -2.28. The number of piperidine rings is 1. The molecule has 1 aliphatic rings. The second-order valence-corrected chi connectivity index (χ2v) is 8.24. The van der Waals surface area contributed by atoms with Crippen molar-refractivity contribution in [1.29, 1.82) is 0 Å². The monoisotopic (exact) mass is 377 g/mol. The molecule has 0 saturated carbocycles. The van der Waals surface area contributed by atoms with Gasteiger partial charge in [-0.05, 0) is 25.0 Å². The summed E-state index contributed by atoms with van der Waals surface area (Å²) in [4.78, 5) is 14.1. The van der Waals surface area contributed by atoms with Crippen LogP contribution < -0.4 is 0 Å². The van der Waals surface area contributed by atoms with Crippen molar-refractivity contribution in [2.75, 3.05) is 13.1 Å². The Labute approximate surface area is 157 Å². The van der Waals surface area contributed by atoms with Crippen LogP contribution in [0.4, 0.5) is 8.78 Å². The number of halogens is 2. The first-order valence-corrected chi connectivity index (χ1v) is 9.08. The summed E-state index contributed by atoms with van der Waals surface area (Å²) in [6, 6.07) is 5.41. The number of carboxylic acid groups (broad SMARTS) is 1. The molecule has 27 heavy (non-hydrogen) atoms. The minimum atomic E-state index is -1.10. The Balaban J connectivity index is 1.75. The molecule has 3 rings (SSSR count). The molecule has 0 aliphatic carbocycles. The molecule has 0 atom stereocenters.